The predicted molar refractivity (Wildman–Crippen MR) is 76.8 cm³/mol. The first-order valence-corrected chi connectivity index (χ1v) is 6.58. The number of aliphatic hydroxyl groups is 1. The number of carbonyl (C=O) groups excluding carboxylic acids is 1. The van der Waals surface area contributed by atoms with Gasteiger partial charge in [0.05, 0.1) is 0 Å². The molecule has 0 saturated heterocycles. The van der Waals surface area contributed by atoms with Gasteiger partial charge in [0.25, 0.3) is 0 Å². The van der Waals surface area contributed by atoms with Crippen molar-refractivity contribution in [3.63, 3.8) is 0 Å². The highest BCUT2D eigenvalue weighted by Crippen LogP contribution is 2.26. The van der Waals surface area contributed by atoms with Gasteiger partial charge in [0.2, 0.25) is 0 Å². The van der Waals surface area contributed by atoms with Crippen molar-refractivity contribution in [3.05, 3.63) is 71.3 Å². The summed E-state index contributed by atoms with van der Waals surface area (Å²) in [5.74, 6) is -0.141. The molecule has 0 radical (unpaired) electrons. The topological polar surface area (TPSA) is 37.3 Å². The molecule has 1 aromatic carbocycles. The molecular weight excluding hydrogens is 255 g/mol. The Bertz CT molecular complexity index is 580. The third kappa shape index (κ3) is 3.92. The van der Waals surface area contributed by atoms with Crippen LogP contribution in [0.2, 0.25) is 0 Å². The summed E-state index contributed by atoms with van der Waals surface area (Å²) in [6.45, 7) is 1.41. The normalized spacial score (nSPS) is 18.8. The Morgan fingerprint density at radius 1 is 1.40 bits per heavy atom. The summed E-state index contributed by atoms with van der Waals surface area (Å²) in [6.07, 6.45) is 8.45. The molecule has 20 heavy (non-hydrogen) atoms. The van der Waals surface area contributed by atoms with E-state index < -0.39 is 0 Å². The summed E-state index contributed by atoms with van der Waals surface area (Å²) in [5, 5.41) is 9.85. The summed E-state index contributed by atoms with van der Waals surface area (Å²) >= 11 is 0. The van der Waals surface area contributed by atoms with Crippen molar-refractivity contribution in [2.75, 3.05) is 0 Å². The summed E-state index contributed by atoms with van der Waals surface area (Å²) in [6, 6.07) is 6.44. The molecule has 1 aliphatic rings. The van der Waals surface area contributed by atoms with Gasteiger partial charge in [-0.05, 0) is 49.0 Å². The molecule has 1 aliphatic carbocycles. The van der Waals surface area contributed by atoms with Gasteiger partial charge in [0, 0.05) is 6.08 Å². The van der Waals surface area contributed by atoms with Gasteiger partial charge in [-0.25, -0.2) is 4.39 Å². The van der Waals surface area contributed by atoms with Crippen LogP contribution in [0, 0.1) is 11.7 Å². The van der Waals surface area contributed by atoms with Crippen molar-refractivity contribution >= 4 is 5.78 Å². The van der Waals surface area contributed by atoms with Gasteiger partial charge in [-0.1, -0.05) is 30.4 Å². The van der Waals surface area contributed by atoms with Crippen molar-refractivity contribution < 1.29 is 14.3 Å². The molecule has 2 rings (SSSR count). The molecule has 0 aliphatic heterocycles. The van der Waals surface area contributed by atoms with E-state index in [0.717, 1.165) is 17.6 Å². The van der Waals surface area contributed by atoms with Crippen molar-refractivity contribution in [1.29, 1.82) is 0 Å². The molecule has 0 aromatic heterocycles. The number of hydrogen-bond donors (Lipinski definition) is 1. The van der Waals surface area contributed by atoms with E-state index in [1.165, 1.54) is 25.1 Å². The SMILES string of the molecule is CC(=O)C=C(O)C1=CC=CC(Cc2ccc(F)cc2)C1. The highest BCUT2D eigenvalue weighted by Gasteiger charge is 2.15. The molecule has 104 valence electrons. The van der Waals surface area contributed by atoms with Crippen LogP contribution in [-0.2, 0) is 11.2 Å². The van der Waals surface area contributed by atoms with Gasteiger partial charge in [-0.15, -0.1) is 0 Å². The molecule has 0 bridgehead atoms. The van der Waals surface area contributed by atoms with E-state index in [4.69, 9.17) is 0 Å². The number of aliphatic hydroxyl groups excluding tert-OH is 1. The first-order valence-electron chi connectivity index (χ1n) is 6.58. The number of benzene rings is 1. The van der Waals surface area contributed by atoms with Crippen molar-refractivity contribution in [2.24, 2.45) is 5.92 Å². The smallest absolute Gasteiger partial charge is 0.156 e. The van der Waals surface area contributed by atoms with Crippen LogP contribution in [0.5, 0.6) is 0 Å². The standard InChI is InChI=1S/C17H17FO2/c1-12(19)9-17(20)15-4-2-3-14(11-15)10-13-5-7-16(18)8-6-13/h2-9,14,20H,10-11H2,1H3. The van der Waals surface area contributed by atoms with Crippen LogP contribution in [0.1, 0.15) is 18.9 Å². The molecule has 1 N–H and O–H groups in total. The van der Waals surface area contributed by atoms with E-state index in [9.17, 15) is 14.3 Å². The van der Waals surface area contributed by atoms with Gasteiger partial charge >= 0.3 is 0 Å². The lowest BCUT2D eigenvalue weighted by molar-refractivity contribution is -0.112. The number of rotatable bonds is 4. The average Bonchev–Trinajstić information content (AvgIpc) is 2.41. The number of hydrogen-bond acceptors (Lipinski definition) is 2. The number of carbonyl (C=O) groups is 1. The quantitative estimate of drug-likeness (QED) is 0.666. The second-order valence-electron chi connectivity index (χ2n) is 5.01. The molecule has 0 saturated carbocycles. The Balaban J connectivity index is 2.03. The molecule has 2 nitrogen and oxygen atoms in total. The lowest BCUT2D eigenvalue weighted by Gasteiger charge is -2.18. The molecule has 1 aromatic rings. The summed E-state index contributed by atoms with van der Waals surface area (Å²) in [5.41, 5.74) is 1.81. The number of halogens is 1. The van der Waals surface area contributed by atoms with Crippen LogP contribution < -0.4 is 0 Å². The summed E-state index contributed by atoms with van der Waals surface area (Å²) in [7, 11) is 0. The lowest BCUT2D eigenvalue weighted by atomic mass is 9.88. The second kappa shape index (κ2) is 6.33. The van der Waals surface area contributed by atoms with Crippen LogP contribution in [-0.4, -0.2) is 10.9 Å². The summed E-state index contributed by atoms with van der Waals surface area (Å²) < 4.78 is 12.9. The number of allylic oxidation sites excluding steroid dienone is 5. The predicted octanol–water partition coefficient (Wildman–Crippen LogP) is 3.90. The molecule has 0 spiro atoms. The molecule has 1 atom stereocenters. The van der Waals surface area contributed by atoms with Gasteiger partial charge < -0.3 is 5.11 Å². The maximum absolute atomic E-state index is 12.9. The van der Waals surface area contributed by atoms with Gasteiger partial charge in [0.1, 0.15) is 11.6 Å². The molecule has 0 heterocycles. The zero-order valence-corrected chi connectivity index (χ0v) is 11.3. The Morgan fingerprint density at radius 2 is 2.10 bits per heavy atom. The van der Waals surface area contributed by atoms with Crippen LogP contribution in [0.15, 0.2) is 59.9 Å². The highest BCUT2D eigenvalue weighted by molar-refractivity contribution is 5.88. The Labute approximate surface area is 117 Å². The molecule has 3 heteroatoms. The third-order valence-electron chi connectivity index (χ3n) is 3.24. The second-order valence-corrected chi connectivity index (χ2v) is 5.01. The van der Waals surface area contributed by atoms with E-state index in [2.05, 4.69) is 6.08 Å². The number of ketones is 1. The lowest BCUT2D eigenvalue weighted by Crippen LogP contribution is -2.08. The van der Waals surface area contributed by atoms with Crippen molar-refractivity contribution in [2.45, 2.75) is 19.8 Å². The largest absolute Gasteiger partial charge is 0.508 e. The minimum Gasteiger partial charge on any atom is -0.508 e. The van der Waals surface area contributed by atoms with E-state index >= 15 is 0 Å². The average molecular weight is 272 g/mol. The molecule has 0 amide bonds. The fourth-order valence-electron chi connectivity index (χ4n) is 2.29. The van der Waals surface area contributed by atoms with Crippen LogP contribution in [0.4, 0.5) is 4.39 Å². The van der Waals surface area contributed by atoms with E-state index in [0.29, 0.717) is 6.42 Å². The van der Waals surface area contributed by atoms with Gasteiger partial charge in [0.15, 0.2) is 5.78 Å². The van der Waals surface area contributed by atoms with E-state index in [1.54, 1.807) is 12.1 Å². The zero-order chi connectivity index (χ0) is 14.5. The monoisotopic (exact) mass is 272 g/mol. The molecule has 1 unspecified atom stereocenters. The molecular formula is C17H17FO2. The van der Waals surface area contributed by atoms with Gasteiger partial charge in [-0.3, -0.25) is 4.79 Å². The van der Waals surface area contributed by atoms with E-state index in [1.807, 2.05) is 12.2 Å². The first-order chi connectivity index (χ1) is 9.54. The summed E-state index contributed by atoms with van der Waals surface area (Å²) in [4.78, 5) is 11.0. The third-order valence-corrected chi connectivity index (χ3v) is 3.24. The van der Waals surface area contributed by atoms with Gasteiger partial charge in [-0.2, -0.15) is 0 Å². The first kappa shape index (κ1) is 14.3. The fourth-order valence-corrected chi connectivity index (χ4v) is 2.29. The Hall–Kier alpha value is -2.16. The molecule has 0 fully saturated rings. The van der Waals surface area contributed by atoms with Crippen LogP contribution in [0.3, 0.4) is 0 Å². The fraction of sp³-hybridized carbons (Fsp3) is 0.235. The maximum atomic E-state index is 12.9. The van der Waals surface area contributed by atoms with Crippen molar-refractivity contribution in [3.8, 4) is 0 Å². The highest BCUT2D eigenvalue weighted by atomic mass is 19.1. The van der Waals surface area contributed by atoms with Crippen molar-refractivity contribution in [1.82, 2.24) is 0 Å². The van der Waals surface area contributed by atoms with E-state index in [-0.39, 0.29) is 23.3 Å². The minimum absolute atomic E-state index is 0.0333. The Morgan fingerprint density at radius 3 is 2.75 bits per heavy atom. The van der Waals surface area contributed by atoms with Crippen LogP contribution >= 0.6 is 0 Å². The minimum atomic E-state index is -0.240. The zero-order valence-electron chi connectivity index (χ0n) is 11.3. The Kier molecular flexibility index (Phi) is 4.51. The van der Waals surface area contributed by atoms with Crippen LogP contribution in [0.25, 0.3) is 0 Å². The maximum Gasteiger partial charge on any atom is 0.156 e.